The Labute approximate surface area is 103 Å². The third kappa shape index (κ3) is 2.52. The van der Waals surface area contributed by atoms with Gasteiger partial charge in [-0.05, 0) is 55.9 Å². The molecule has 1 atom stereocenters. The van der Waals surface area contributed by atoms with Crippen molar-refractivity contribution < 1.29 is 9.84 Å². The van der Waals surface area contributed by atoms with Crippen molar-refractivity contribution in [3.8, 4) is 5.75 Å². The zero-order chi connectivity index (χ0) is 12.3. The maximum absolute atomic E-state index is 10.7. The van der Waals surface area contributed by atoms with Crippen molar-refractivity contribution in [3.63, 3.8) is 0 Å². The second kappa shape index (κ2) is 4.92. The molecule has 1 N–H and O–H groups in total. The Hall–Kier alpha value is -1.28. The first-order chi connectivity index (χ1) is 8.14. The molecule has 1 aromatic rings. The number of methoxy groups -OCH3 is 1. The Balaban J connectivity index is 2.26. The predicted molar refractivity (Wildman–Crippen MR) is 69.1 cm³/mol. The molecule has 2 heteroatoms. The predicted octanol–water partition coefficient (Wildman–Crippen LogP) is 3.40. The highest BCUT2D eigenvalue weighted by Gasteiger charge is 2.28. The molecule has 0 amide bonds. The molecule has 0 bridgehead atoms. The average molecular weight is 232 g/mol. The molecule has 0 aliphatic heterocycles. The lowest BCUT2D eigenvalue weighted by atomic mass is 9.82. The summed E-state index contributed by atoms with van der Waals surface area (Å²) in [5.41, 5.74) is 1.24. The summed E-state index contributed by atoms with van der Waals surface area (Å²) in [6.45, 7) is 1.88. The Bertz CT molecular complexity index is 401. The van der Waals surface area contributed by atoms with Crippen LogP contribution in [0.1, 0.15) is 38.2 Å². The summed E-state index contributed by atoms with van der Waals surface area (Å²) in [4.78, 5) is 0. The molecule has 0 fully saturated rings. The zero-order valence-electron chi connectivity index (χ0n) is 10.6. The van der Waals surface area contributed by atoms with Gasteiger partial charge in [-0.2, -0.15) is 0 Å². The van der Waals surface area contributed by atoms with Gasteiger partial charge in [0.1, 0.15) is 11.4 Å². The molecule has 1 aliphatic carbocycles. The molecule has 2 nitrogen and oxygen atoms in total. The summed E-state index contributed by atoms with van der Waals surface area (Å²) in [7, 11) is 1.65. The molecular weight excluding hydrogens is 212 g/mol. The molecule has 17 heavy (non-hydrogen) atoms. The minimum atomic E-state index is -0.841. The maximum Gasteiger partial charge on any atom is 0.118 e. The van der Waals surface area contributed by atoms with Crippen LogP contribution in [0.5, 0.6) is 5.75 Å². The first-order valence-electron chi connectivity index (χ1n) is 6.21. The molecule has 0 saturated heterocycles. The Morgan fingerprint density at radius 2 is 1.88 bits per heavy atom. The van der Waals surface area contributed by atoms with Gasteiger partial charge in [-0.15, -0.1) is 0 Å². The SMILES string of the molecule is COc1ccc(C(C)(O)C2=CCCCC2)cc1. The van der Waals surface area contributed by atoms with Gasteiger partial charge in [-0.25, -0.2) is 0 Å². The maximum atomic E-state index is 10.7. The van der Waals surface area contributed by atoms with Crippen LogP contribution in [0.2, 0.25) is 0 Å². The molecule has 1 unspecified atom stereocenters. The smallest absolute Gasteiger partial charge is 0.118 e. The quantitative estimate of drug-likeness (QED) is 0.809. The van der Waals surface area contributed by atoms with E-state index in [9.17, 15) is 5.11 Å². The van der Waals surface area contributed by atoms with Crippen LogP contribution in [0, 0.1) is 0 Å². The molecule has 2 rings (SSSR count). The number of aliphatic hydroxyl groups is 1. The lowest BCUT2D eigenvalue weighted by Crippen LogP contribution is -2.25. The second-order valence-corrected chi connectivity index (χ2v) is 4.78. The fourth-order valence-electron chi connectivity index (χ4n) is 2.38. The van der Waals surface area contributed by atoms with E-state index in [2.05, 4.69) is 6.08 Å². The van der Waals surface area contributed by atoms with Crippen LogP contribution < -0.4 is 4.74 Å². The minimum absolute atomic E-state index is 0.821. The fourth-order valence-corrected chi connectivity index (χ4v) is 2.38. The molecule has 0 saturated carbocycles. The standard InChI is InChI=1S/C15H20O2/c1-15(16,12-6-4-3-5-7-12)13-8-10-14(17-2)11-9-13/h6,8-11,16H,3-5,7H2,1-2H3. The number of ether oxygens (including phenoxy) is 1. The Kier molecular flexibility index (Phi) is 3.53. The van der Waals surface area contributed by atoms with Gasteiger partial charge in [-0.1, -0.05) is 18.2 Å². The third-order valence-corrected chi connectivity index (χ3v) is 3.57. The highest BCUT2D eigenvalue weighted by atomic mass is 16.5. The van der Waals surface area contributed by atoms with Gasteiger partial charge in [-0.3, -0.25) is 0 Å². The van der Waals surface area contributed by atoms with E-state index >= 15 is 0 Å². The average Bonchev–Trinajstić information content (AvgIpc) is 2.40. The molecule has 0 aromatic heterocycles. The van der Waals surface area contributed by atoms with E-state index in [-0.39, 0.29) is 0 Å². The lowest BCUT2D eigenvalue weighted by molar-refractivity contribution is 0.0914. The normalized spacial score (nSPS) is 19.4. The molecule has 0 radical (unpaired) electrons. The van der Waals surface area contributed by atoms with E-state index in [1.807, 2.05) is 31.2 Å². The van der Waals surface area contributed by atoms with Crippen LogP contribution in [0.4, 0.5) is 0 Å². The molecular formula is C15H20O2. The van der Waals surface area contributed by atoms with Crippen molar-refractivity contribution >= 4 is 0 Å². The van der Waals surface area contributed by atoms with Crippen molar-refractivity contribution in [1.82, 2.24) is 0 Å². The Morgan fingerprint density at radius 1 is 1.18 bits per heavy atom. The van der Waals surface area contributed by atoms with Crippen molar-refractivity contribution in [2.45, 2.75) is 38.2 Å². The van der Waals surface area contributed by atoms with E-state index in [0.29, 0.717) is 0 Å². The van der Waals surface area contributed by atoms with Crippen LogP contribution >= 0.6 is 0 Å². The first kappa shape index (κ1) is 12.2. The molecule has 0 heterocycles. The van der Waals surface area contributed by atoms with Crippen molar-refractivity contribution in [2.75, 3.05) is 7.11 Å². The number of allylic oxidation sites excluding steroid dienone is 1. The Morgan fingerprint density at radius 3 is 2.41 bits per heavy atom. The fraction of sp³-hybridized carbons (Fsp3) is 0.467. The van der Waals surface area contributed by atoms with Crippen LogP contribution in [0.3, 0.4) is 0 Å². The first-order valence-corrected chi connectivity index (χ1v) is 6.21. The monoisotopic (exact) mass is 232 g/mol. The van der Waals surface area contributed by atoms with Crippen LogP contribution in [-0.2, 0) is 5.60 Å². The van der Waals surface area contributed by atoms with E-state index in [1.54, 1.807) is 7.11 Å². The summed E-state index contributed by atoms with van der Waals surface area (Å²) in [6.07, 6.45) is 6.69. The van der Waals surface area contributed by atoms with Gasteiger partial charge in [0.05, 0.1) is 7.11 Å². The van der Waals surface area contributed by atoms with Crippen LogP contribution in [0.25, 0.3) is 0 Å². The molecule has 0 spiro atoms. The van der Waals surface area contributed by atoms with Crippen molar-refractivity contribution in [2.24, 2.45) is 0 Å². The van der Waals surface area contributed by atoms with Gasteiger partial charge >= 0.3 is 0 Å². The van der Waals surface area contributed by atoms with Crippen molar-refractivity contribution in [3.05, 3.63) is 41.5 Å². The molecule has 1 aromatic carbocycles. The highest BCUT2D eigenvalue weighted by molar-refractivity contribution is 5.36. The molecule has 1 aliphatic rings. The largest absolute Gasteiger partial charge is 0.497 e. The summed E-state index contributed by atoms with van der Waals surface area (Å²) in [5, 5.41) is 10.7. The number of hydrogen-bond donors (Lipinski definition) is 1. The van der Waals surface area contributed by atoms with Crippen LogP contribution in [0.15, 0.2) is 35.9 Å². The van der Waals surface area contributed by atoms with Gasteiger partial charge in [0.15, 0.2) is 0 Å². The van der Waals surface area contributed by atoms with Gasteiger partial charge in [0.25, 0.3) is 0 Å². The summed E-state index contributed by atoms with van der Waals surface area (Å²) in [6, 6.07) is 7.67. The number of rotatable bonds is 3. The molecule has 92 valence electrons. The van der Waals surface area contributed by atoms with E-state index in [1.165, 1.54) is 12.8 Å². The zero-order valence-corrected chi connectivity index (χ0v) is 10.6. The topological polar surface area (TPSA) is 29.5 Å². The summed E-state index contributed by atoms with van der Waals surface area (Å²) >= 11 is 0. The van der Waals surface area contributed by atoms with Gasteiger partial charge in [0.2, 0.25) is 0 Å². The summed E-state index contributed by atoms with van der Waals surface area (Å²) in [5.74, 6) is 0.821. The third-order valence-electron chi connectivity index (χ3n) is 3.57. The lowest BCUT2D eigenvalue weighted by Gasteiger charge is -2.29. The summed E-state index contributed by atoms with van der Waals surface area (Å²) < 4.78 is 5.13. The van der Waals surface area contributed by atoms with Gasteiger partial charge < -0.3 is 9.84 Å². The van der Waals surface area contributed by atoms with E-state index in [4.69, 9.17) is 4.74 Å². The minimum Gasteiger partial charge on any atom is -0.497 e. The van der Waals surface area contributed by atoms with Gasteiger partial charge in [0, 0.05) is 0 Å². The van der Waals surface area contributed by atoms with E-state index < -0.39 is 5.60 Å². The second-order valence-electron chi connectivity index (χ2n) is 4.78. The van der Waals surface area contributed by atoms with E-state index in [0.717, 1.165) is 29.7 Å². The highest BCUT2D eigenvalue weighted by Crippen LogP contribution is 2.35. The number of benzene rings is 1. The van der Waals surface area contributed by atoms with Crippen LogP contribution in [-0.4, -0.2) is 12.2 Å². The number of hydrogen-bond acceptors (Lipinski definition) is 2. The van der Waals surface area contributed by atoms with Crippen molar-refractivity contribution in [1.29, 1.82) is 0 Å².